The van der Waals surface area contributed by atoms with E-state index in [1.54, 1.807) is 0 Å². The van der Waals surface area contributed by atoms with E-state index in [9.17, 15) is 13.9 Å². The molecule has 1 atom stereocenters. The van der Waals surface area contributed by atoms with Crippen LogP contribution in [0.2, 0.25) is 0 Å². The zero-order chi connectivity index (χ0) is 8.69. The van der Waals surface area contributed by atoms with Crippen molar-refractivity contribution in [1.82, 2.24) is 0 Å². The zero-order valence-corrected chi connectivity index (χ0v) is 7.64. The van der Waals surface area contributed by atoms with Gasteiger partial charge in [-0.25, -0.2) is 4.57 Å². The predicted molar refractivity (Wildman–Crippen MR) is 37.8 cm³/mol. The normalized spacial score (nSPS) is 11.2. The van der Waals surface area contributed by atoms with E-state index in [1.165, 1.54) is 6.66 Å². The summed E-state index contributed by atoms with van der Waals surface area (Å²) in [5.74, 6) is -0.640. The van der Waals surface area contributed by atoms with Gasteiger partial charge >= 0.3 is 22.7 Å². The topological polar surface area (TPSA) is 69.7 Å². The Hall–Kier alpha value is -0.370. The van der Waals surface area contributed by atoms with Crippen LogP contribution in [0.5, 0.6) is 0 Å². The minimum Gasteiger partial charge on any atom is -0.373 e. The highest BCUT2D eigenvalue weighted by Crippen LogP contribution is 2.15. The van der Waals surface area contributed by atoms with Crippen LogP contribution < -0.4 is 0 Å². The third kappa shape index (κ3) is 7.53. The lowest BCUT2D eigenvalue weighted by Crippen LogP contribution is -2.00. The maximum atomic E-state index is 10.4. The molecule has 1 unspecified atom stereocenters. The van der Waals surface area contributed by atoms with Crippen LogP contribution in [0.4, 0.5) is 0 Å². The van der Waals surface area contributed by atoms with Crippen molar-refractivity contribution < 1.29 is 23.0 Å². The Kier molecular flexibility index (Phi) is 6.13. The SMILES string of the molecule is C[P+](=O)OCCC(=O)OP=O. The summed E-state index contributed by atoms with van der Waals surface area (Å²) in [6.07, 6.45) is -0.0375. The minimum absolute atomic E-state index is 0.0278. The highest BCUT2D eigenvalue weighted by molar-refractivity contribution is 7.38. The van der Waals surface area contributed by atoms with Gasteiger partial charge in [0.1, 0.15) is 6.61 Å². The average molecular weight is 197 g/mol. The molecule has 5 nitrogen and oxygen atoms in total. The fourth-order valence-corrected chi connectivity index (χ4v) is 0.868. The lowest BCUT2D eigenvalue weighted by Gasteiger charge is -1.89. The Balaban J connectivity index is 3.31. The zero-order valence-electron chi connectivity index (χ0n) is 5.85. The predicted octanol–water partition coefficient (Wildman–Crippen LogP) is 1.52. The first-order valence-corrected chi connectivity index (χ1v) is 5.08. The Morgan fingerprint density at radius 2 is 2.27 bits per heavy atom. The minimum atomic E-state index is -1.68. The van der Waals surface area contributed by atoms with Crippen LogP contribution in [0.25, 0.3) is 0 Å². The van der Waals surface area contributed by atoms with Crippen LogP contribution in [0, 0.1) is 0 Å². The standard InChI is InChI=1S/C4H7O5P2/c1-11(7)8-3-2-4(5)9-10-6/h2-3H2,1H3/q+1. The molecule has 0 saturated heterocycles. The first kappa shape index (κ1) is 10.6. The van der Waals surface area contributed by atoms with Gasteiger partial charge in [-0.3, -0.25) is 4.79 Å². The maximum Gasteiger partial charge on any atom is 0.504 e. The second-order valence-corrected chi connectivity index (χ2v) is 3.03. The highest BCUT2D eigenvalue weighted by Gasteiger charge is 2.09. The summed E-state index contributed by atoms with van der Waals surface area (Å²) in [7, 11) is -2.35. The van der Waals surface area contributed by atoms with Crippen LogP contribution in [-0.2, 0) is 23.0 Å². The van der Waals surface area contributed by atoms with E-state index < -0.39 is 22.7 Å². The van der Waals surface area contributed by atoms with E-state index >= 15 is 0 Å². The van der Waals surface area contributed by atoms with E-state index in [2.05, 4.69) is 9.05 Å². The molecule has 0 aromatic rings. The number of carbonyl (C=O) groups excluding carboxylic acids is 1. The Morgan fingerprint density at radius 3 is 2.73 bits per heavy atom. The molecule has 0 saturated carbocycles. The van der Waals surface area contributed by atoms with Gasteiger partial charge in [-0.2, -0.15) is 0 Å². The summed E-state index contributed by atoms with van der Waals surface area (Å²) in [6, 6.07) is 0. The van der Waals surface area contributed by atoms with E-state index in [0.717, 1.165) is 0 Å². The van der Waals surface area contributed by atoms with Gasteiger partial charge in [0.05, 0.1) is 6.42 Å². The summed E-state index contributed by atoms with van der Waals surface area (Å²) in [6.45, 7) is 1.41. The molecule has 0 N–H and O–H groups in total. The number of rotatable bonds is 5. The van der Waals surface area contributed by atoms with Crippen molar-refractivity contribution in [3.63, 3.8) is 0 Å². The van der Waals surface area contributed by atoms with Crippen LogP contribution in [0.3, 0.4) is 0 Å². The summed E-state index contributed by atoms with van der Waals surface area (Å²) < 4.78 is 28.6. The van der Waals surface area contributed by atoms with E-state index in [4.69, 9.17) is 0 Å². The highest BCUT2D eigenvalue weighted by atomic mass is 31.1. The fraction of sp³-hybridized carbons (Fsp3) is 0.750. The molecule has 0 heterocycles. The molecular weight excluding hydrogens is 190 g/mol. The molecule has 0 aliphatic heterocycles. The van der Waals surface area contributed by atoms with Crippen molar-refractivity contribution in [2.24, 2.45) is 0 Å². The van der Waals surface area contributed by atoms with Crippen molar-refractivity contribution in [3.05, 3.63) is 0 Å². The summed E-state index contributed by atoms with van der Waals surface area (Å²) in [5.41, 5.74) is 0. The molecule has 0 fully saturated rings. The smallest absolute Gasteiger partial charge is 0.373 e. The Bertz CT molecular complexity index is 168. The van der Waals surface area contributed by atoms with E-state index in [0.29, 0.717) is 0 Å². The molecule has 0 radical (unpaired) electrons. The van der Waals surface area contributed by atoms with Crippen LogP contribution in [0.1, 0.15) is 6.42 Å². The second-order valence-electron chi connectivity index (χ2n) is 1.56. The molecule has 62 valence electrons. The Labute approximate surface area is 66.2 Å². The molecule has 0 spiro atoms. The fourth-order valence-electron chi connectivity index (χ4n) is 0.345. The van der Waals surface area contributed by atoms with Gasteiger partial charge in [0.2, 0.25) is 0 Å². The van der Waals surface area contributed by atoms with Gasteiger partial charge in [-0.05, 0) is 4.57 Å². The van der Waals surface area contributed by atoms with Gasteiger partial charge in [0.15, 0.2) is 6.66 Å². The molecule has 0 aromatic carbocycles. The lowest BCUT2D eigenvalue weighted by atomic mass is 10.5. The van der Waals surface area contributed by atoms with Crippen molar-refractivity contribution >= 4 is 22.7 Å². The molecule has 0 aliphatic carbocycles. The molecular formula is C4H7O5P2+. The first-order valence-electron chi connectivity index (χ1n) is 2.73. The van der Waals surface area contributed by atoms with Gasteiger partial charge in [0.25, 0.3) is 0 Å². The summed E-state index contributed by atoms with van der Waals surface area (Å²) in [5, 5.41) is 0. The molecule has 0 rings (SSSR count). The number of hydrogen-bond acceptors (Lipinski definition) is 5. The van der Waals surface area contributed by atoms with Gasteiger partial charge in [-0.15, -0.1) is 4.52 Å². The van der Waals surface area contributed by atoms with Crippen LogP contribution in [0.15, 0.2) is 0 Å². The van der Waals surface area contributed by atoms with Gasteiger partial charge in [0, 0.05) is 0 Å². The summed E-state index contributed by atoms with van der Waals surface area (Å²) >= 11 is 0. The maximum absolute atomic E-state index is 10.4. The second kappa shape index (κ2) is 6.35. The molecule has 7 heteroatoms. The molecule has 0 aliphatic rings. The summed E-state index contributed by atoms with van der Waals surface area (Å²) in [4.78, 5) is 10.4. The number of carbonyl (C=O) groups is 1. The lowest BCUT2D eigenvalue weighted by molar-refractivity contribution is -0.134. The number of hydrogen-bond donors (Lipinski definition) is 0. The van der Waals surface area contributed by atoms with E-state index in [-0.39, 0.29) is 13.0 Å². The Morgan fingerprint density at radius 1 is 1.64 bits per heavy atom. The molecule has 11 heavy (non-hydrogen) atoms. The molecule has 0 bridgehead atoms. The van der Waals surface area contributed by atoms with Crippen molar-refractivity contribution in [1.29, 1.82) is 0 Å². The van der Waals surface area contributed by atoms with Gasteiger partial charge in [-0.1, -0.05) is 0 Å². The third-order valence-electron chi connectivity index (χ3n) is 0.718. The van der Waals surface area contributed by atoms with Crippen molar-refractivity contribution in [2.75, 3.05) is 13.3 Å². The quantitative estimate of drug-likeness (QED) is 0.624. The molecule has 0 amide bonds. The molecule has 0 aromatic heterocycles. The van der Waals surface area contributed by atoms with Crippen LogP contribution in [-0.4, -0.2) is 19.2 Å². The monoisotopic (exact) mass is 197 g/mol. The largest absolute Gasteiger partial charge is 0.504 e. The van der Waals surface area contributed by atoms with E-state index in [1.807, 2.05) is 0 Å². The average Bonchev–Trinajstić information content (AvgIpc) is 1.87. The first-order chi connectivity index (χ1) is 5.16. The van der Waals surface area contributed by atoms with Crippen molar-refractivity contribution in [2.45, 2.75) is 6.42 Å². The van der Waals surface area contributed by atoms with Gasteiger partial charge < -0.3 is 4.52 Å². The third-order valence-corrected chi connectivity index (χ3v) is 1.54. The van der Waals surface area contributed by atoms with Crippen molar-refractivity contribution in [3.8, 4) is 0 Å². The van der Waals surface area contributed by atoms with Crippen LogP contribution >= 0.6 is 16.7 Å².